The van der Waals surface area contributed by atoms with Crippen LogP contribution in [0.4, 0.5) is 22.0 Å². The largest absolute Gasteiger partial charge is 0.506 e. The van der Waals surface area contributed by atoms with Crippen molar-refractivity contribution in [2.24, 2.45) is 0 Å². The number of hydrogen-bond acceptors (Lipinski definition) is 3. The maximum absolute atomic E-state index is 12.5. The number of carboxylic acid groups (broad SMARTS) is 1. The van der Waals surface area contributed by atoms with Gasteiger partial charge in [0, 0.05) is 0 Å². The van der Waals surface area contributed by atoms with Crippen LogP contribution in [-0.2, 0) is 17.4 Å². The number of nitrogens with zero attached hydrogens (tertiary/aromatic N) is 1. The summed E-state index contributed by atoms with van der Waals surface area (Å²) in [7, 11) is 0. The minimum atomic E-state index is -4.99. The highest BCUT2D eigenvalue weighted by molar-refractivity contribution is 5.70. The maximum Gasteiger partial charge on any atom is 0.418 e. The van der Waals surface area contributed by atoms with Crippen LogP contribution in [0.3, 0.4) is 0 Å². The third-order valence-corrected chi connectivity index (χ3v) is 1.94. The first-order valence-corrected chi connectivity index (χ1v) is 4.43. The molecule has 0 bridgehead atoms. The van der Waals surface area contributed by atoms with E-state index in [2.05, 4.69) is 4.98 Å². The Hall–Kier alpha value is -1.93. The number of halogens is 5. The van der Waals surface area contributed by atoms with Crippen LogP contribution >= 0.6 is 0 Å². The summed E-state index contributed by atoms with van der Waals surface area (Å²) in [4.78, 5) is 13.2. The highest BCUT2D eigenvalue weighted by Crippen LogP contribution is 2.36. The zero-order valence-electron chi connectivity index (χ0n) is 8.50. The van der Waals surface area contributed by atoms with Gasteiger partial charge in [-0.1, -0.05) is 0 Å². The summed E-state index contributed by atoms with van der Waals surface area (Å²) in [5.74, 6) is -2.98. The summed E-state index contributed by atoms with van der Waals surface area (Å²) in [5, 5.41) is 17.4. The lowest BCUT2D eigenvalue weighted by molar-refractivity contribution is -0.140. The molecular formula is C9H6F5NO3. The molecule has 0 saturated heterocycles. The van der Waals surface area contributed by atoms with Crippen molar-refractivity contribution in [2.75, 3.05) is 0 Å². The topological polar surface area (TPSA) is 70.4 Å². The summed E-state index contributed by atoms with van der Waals surface area (Å²) in [6.07, 6.45) is -9.47. The number of alkyl halides is 5. The van der Waals surface area contributed by atoms with E-state index < -0.39 is 47.7 Å². The summed E-state index contributed by atoms with van der Waals surface area (Å²) in [6.45, 7) is 0. The molecule has 1 rings (SSSR count). The first-order chi connectivity index (χ1) is 8.12. The van der Waals surface area contributed by atoms with E-state index in [4.69, 9.17) is 10.2 Å². The Balaban J connectivity index is 3.42. The van der Waals surface area contributed by atoms with Crippen LogP contribution in [0.15, 0.2) is 6.07 Å². The molecular weight excluding hydrogens is 265 g/mol. The van der Waals surface area contributed by atoms with Crippen molar-refractivity contribution >= 4 is 5.97 Å². The molecule has 0 saturated carbocycles. The predicted molar refractivity (Wildman–Crippen MR) is 47.2 cm³/mol. The molecule has 0 aliphatic rings. The van der Waals surface area contributed by atoms with Gasteiger partial charge in [0.05, 0.1) is 17.7 Å². The third-order valence-electron chi connectivity index (χ3n) is 1.94. The quantitative estimate of drug-likeness (QED) is 0.828. The normalized spacial score (nSPS) is 11.9. The van der Waals surface area contributed by atoms with E-state index in [0.29, 0.717) is 0 Å². The molecule has 100 valence electrons. The Kier molecular flexibility index (Phi) is 3.73. The number of aromatic hydroxyl groups is 1. The Morgan fingerprint density at radius 3 is 2.33 bits per heavy atom. The highest BCUT2D eigenvalue weighted by Gasteiger charge is 2.36. The number of rotatable bonds is 3. The first-order valence-electron chi connectivity index (χ1n) is 4.43. The first kappa shape index (κ1) is 14.1. The molecule has 0 aliphatic carbocycles. The van der Waals surface area contributed by atoms with Gasteiger partial charge in [0.1, 0.15) is 11.4 Å². The zero-order valence-corrected chi connectivity index (χ0v) is 8.50. The molecule has 0 amide bonds. The van der Waals surface area contributed by atoms with Crippen LogP contribution in [0.1, 0.15) is 23.4 Å². The van der Waals surface area contributed by atoms with Crippen molar-refractivity contribution < 1.29 is 37.0 Å². The fourth-order valence-electron chi connectivity index (χ4n) is 1.24. The summed E-state index contributed by atoms with van der Waals surface area (Å²) < 4.78 is 62.1. The van der Waals surface area contributed by atoms with E-state index in [0.717, 1.165) is 0 Å². The van der Waals surface area contributed by atoms with Gasteiger partial charge in [-0.05, 0) is 6.07 Å². The second-order valence-electron chi connectivity index (χ2n) is 3.26. The number of aliphatic carboxylic acids is 1. The third kappa shape index (κ3) is 3.05. The molecule has 0 fully saturated rings. The summed E-state index contributed by atoms with van der Waals surface area (Å²) in [6, 6.07) is 0.0484. The van der Waals surface area contributed by atoms with Crippen LogP contribution in [-0.4, -0.2) is 21.2 Å². The monoisotopic (exact) mass is 271 g/mol. The Bertz CT molecular complexity index is 472. The van der Waals surface area contributed by atoms with E-state index in [1.54, 1.807) is 0 Å². The van der Waals surface area contributed by atoms with E-state index >= 15 is 0 Å². The Morgan fingerprint density at radius 2 is 1.94 bits per heavy atom. The SMILES string of the molecule is O=C(O)Cc1nc(C(F)F)c(O)cc1C(F)(F)F. The molecule has 0 aromatic carbocycles. The number of hydrogen-bond donors (Lipinski definition) is 2. The molecule has 1 aromatic rings. The lowest BCUT2D eigenvalue weighted by Crippen LogP contribution is -2.15. The average Bonchev–Trinajstić information content (AvgIpc) is 2.17. The van der Waals surface area contributed by atoms with Gasteiger partial charge in [-0.25, -0.2) is 13.8 Å². The smallest absolute Gasteiger partial charge is 0.418 e. The lowest BCUT2D eigenvalue weighted by atomic mass is 10.1. The minimum absolute atomic E-state index is 0.0484. The van der Waals surface area contributed by atoms with Crippen molar-refractivity contribution in [3.8, 4) is 5.75 Å². The van der Waals surface area contributed by atoms with Gasteiger partial charge in [0.25, 0.3) is 6.43 Å². The molecule has 18 heavy (non-hydrogen) atoms. The van der Waals surface area contributed by atoms with E-state index in [-0.39, 0.29) is 6.07 Å². The van der Waals surface area contributed by atoms with Crippen LogP contribution < -0.4 is 0 Å². The molecule has 2 N–H and O–H groups in total. The summed E-state index contributed by atoms with van der Waals surface area (Å²) >= 11 is 0. The fourth-order valence-corrected chi connectivity index (χ4v) is 1.24. The molecule has 1 aromatic heterocycles. The molecule has 0 unspecified atom stereocenters. The number of carboxylic acids is 1. The molecule has 0 atom stereocenters. The van der Waals surface area contributed by atoms with Crippen molar-refractivity contribution in [2.45, 2.75) is 19.0 Å². The van der Waals surface area contributed by atoms with Gasteiger partial charge in [0.2, 0.25) is 0 Å². The number of aromatic nitrogens is 1. The molecule has 0 radical (unpaired) electrons. The Morgan fingerprint density at radius 1 is 1.39 bits per heavy atom. The minimum Gasteiger partial charge on any atom is -0.506 e. The second kappa shape index (κ2) is 4.75. The van der Waals surface area contributed by atoms with Crippen molar-refractivity contribution in [3.05, 3.63) is 23.0 Å². The number of pyridine rings is 1. The van der Waals surface area contributed by atoms with Gasteiger partial charge in [-0.15, -0.1) is 0 Å². The van der Waals surface area contributed by atoms with E-state index in [1.807, 2.05) is 0 Å². The van der Waals surface area contributed by atoms with Crippen LogP contribution in [0.2, 0.25) is 0 Å². The molecule has 0 spiro atoms. The van der Waals surface area contributed by atoms with E-state index in [1.165, 1.54) is 0 Å². The van der Waals surface area contributed by atoms with Gasteiger partial charge in [0.15, 0.2) is 0 Å². The standard InChI is InChI=1S/C9H6F5NO3/c10-8(11)7-5(16)1-3(9(12,13)14)4(15-7)2-6(17)18/h1,8,16H,2H2,(H,17,18). The number of carbonyl (C=O) groups is 1. The van der Waals surface area contributed by atoms with Crippen molar-refractivity contribution in [1.29, 1.82) is 0 Å². The van der Waals surface area contributed by atoms with Gasteiger partial charge < -0.3 is 10.2 Å². The molecule has 0 aliphatic heterocycles. The van der Waals surface area contributed by atoms with E-state index in [9.17, 15) is 26.7 Å². The maximum atomic E-state index is 12.5. The highest BCUT2D eigenvalue weighted by atomic mass is 19.4. The van der Waals surface area contributed by atoms with Crippen LogP contribution in [0.25, 0.3) is 0 Å². The van der Waals surface area contributed by atoms with Gasteiger partial charge in [-0.3, -0.25) is 4.79 Å². The van der Waals surface area contributed by atoms with Crippen LogP contribution in [0, 0.1) is 0 Å². The molecule has 9 heteroatoms. The molecule has 1 heterocycles. The van der Waals surface area contributed by atoms with Crippen molar-refractivity contribution in [3.63, 3.8) is 0 Å². The van der Waals surface area contributed by atoms with Gasteiger partial charge in [-0.2, -0.15) is 13.2 Å². The predicted octanol–water partition coefficient (Wildman–Crippen LogP) is 2.37. The average molecular weight is 271 g/mol. The summed E-state index contributed by atoms with van der Waals surface area (Å²) in [5.41, 5.74) is -3.89. The zero-order chi connectivity index (χ0) is 14.1. The van der Waals surface area contributed by atoms with Gasteiger partial charge >= 0.3 is 12.1 Å². The van der Waals surface area contributed by atoms with Crippen LogP contribution in [0.5, 0.6) is 5.75 Å². The fraction of sp³-hybridized carbons (Fsp3) is 0.333. The second-order valence-corrected chi connectivity index (χ2v) is 3.26. The Labute approximate surface area is 96.7 Å². The van der Waals surface area contributed by atoms with Crippen molar-refractivity contribution in [1.82, 2.24) is 4.98 Å². The lowest BCUT2D eigenvalue weighted by Gasteiger charge is -2.13. The molecule has 4 nitrogen and oxygen atoms in total.